The molecule has 16 heavy (non-hydrogen) atoms. The van der Waals surface area contributed by atoms with Gasteiger partial charge in [0.1, 0.15) is 0 Å². The summed E-state index contributed by atoms with van der Waals surface area (Å²) in [6.07, 6.45) is 2.02. The minimum atomic E-state index is -0.653. The van der Waals surface area contributed by atoms with Crippen molar-refractivity contribution in [3.05, 3.63) is 29.6 Å². The zero-order valence-corrected chi connectivity index (χ0v) is 9.22. The van der Waals surface area contributed by atoms with Gasteiger partial charge in [-0.15, -0.1) is 0 Å². The molecule has 0 saturated heterocycles. The number of aliphatic hydroxyl groups excluding tert-OH is 1. The summed E-state index contributed by atoms with van der Waals surface area (Å²) < 4.78 is 4.97. The van der Waals surface area contributed by atoms with Crippen LogP contribution >= 0.6 is 0 Å². The van der Waals surface area contributed by atoms with Crippen molar-refractivity contribution in [2.24, 2.45) is 5.92 Å². The molecule has 4 nitrogen and oxygen atoms in total. The number of carbonyl (C=O) groups excluding carboxylic acids is 1. The molecule has 1 heterocycles. The van der Waals surface area contributed by atoms with E-state index in [4.69, 9.17) is 4.74 Å². The van der Waals surface area contributed by atoms with Crippen molar-refractivity contribution in [1.29, 1.82) is 0 Å². The third-order valence-corrected chi connectivity index (χ3v) is 2.84. The molecule has 1 aromatic rings. The zero-order chi connectivity index (χ0) is 11.5. The smallest absolute Gasteiger partial charge is 0.309 e. The van der Waals surface area contributed by atoms with Gasteiger partial charge in [0.25, 0.3) is 0 Å². The monoisotopic (exact) mass is 221 g/mol. The van der Waals surface area contributed by atoms with Gasteiger partial charge >= 0.3 is 5.97 Å². The van der Waals surface area contributed by atoms with Crippen LogP contribution in [0.25, 0.3) is 0 Å². The highest BCUT2D eigenvalue weighted by Gasteiger charge is 2.31. The van der Waals surface area contributed by atoms with E-state index in [0.717, 1.165) is 5.56 Å². The van der Waals surface area contributed by atoms with Gasteiger partial charge in [0.15, 0.2) is 0 Å². The summed E-state index contributed by atoms with van der Waals surface area (Å²) in [5.41, 5.74) is 1.64. The molecule has 0 fully saturated rings. The molecule has 0 aromatic carbocycles. The number of carbonyl (C=O) groups is 1. The predicted molar refractivity (Wildman–Crippen MR) is 57.6 cm³/mol. The third-order valence-electron chi connectivity index (χ3n) is 2.84. The van der Waals surface area contributed by atoms with Crippen molar-refractivity contribution in [3.63, 3.8) is 0 Å². The summed E-state index contributed by atoms with van der Waals surface area (Å²) in [6, 6.07) is 3.72. The molecule has 2 atom stereocenters. The van der Waals surface area contributed by atoms with E-state index in [-0.39, 0.29) is 11.9 Å². The Morgan fingerprint density at radius 3 is 3.25 bits per heavy atom. The molecule has 0 amide bonds. The lowest BCUT2D eigenvalue weighted by atomic mass is 9.85. The van der Waals surface area contributed by atoms with Crippen LogP contribution in [-0.2, 0) is 16.0 Å². The van der Waals surface area contributed by atoms with Crippen molar-refractivity contribution in [3.8, 4) is 0 Å². The molecule has 0 radical (unpaired) electrons. The van der Waals surface area contributed by atoms with Gasteiger partial charge < -0.3 is 9.84 Å². The van der Waals surface area contributed by atoms with Crippen LogP contribution in [-0.4, -0.2) is 22.7 Å². The molecular formula is C12H15NO3. The fraction of sp³-hybridized carbons (Fsp3) is 0.500. The van der Waals surface area contributed by atoms with Crippen molar-refractivity contribution in [2.75, 3.05) is 6.61 Å². The van der Waals surface area contributed by atoms with Crippen LogP contribution in [0.15, 0.2) is 18.3 Å². The first-order valence-corrected chi connectivity index (χ1v) is 5.51. The Morgan fingerprint density at radius 1 is 1.69 bits per heavy atom. The minimum absolute atomic E-state index is 0.226. The van der Waals surface area contributed by atoms with Gasteiger partial charge in [-0.1, -0.05) is 6.07 Å². The molecule has 0 bridgehead atoms. The standard InChI is InChI=1S/C12H15NO3/c1-2-16-12(15)9-6-8-4-3-5-13-11(8)10(14)7-9/h3-5,9-10,14H,2,6-7H2,1H3. The topological polar surface area (TPSA) is 59.4 Å². The second-order valence-electron chi connectivity index (χ2n) is 3.95. The van der Waals surface area contributed by atoms with Gasteiger partial charge in [0, 0.05) is 6.20 Å². The first-order chi connectivity index (χ1) is 7.72. The summed E-state index contributed by atoms with van der Waals surface area (Å²) in [4.78, 5) is 15.7. The molecule has 1 N–H and O–H groups in total. The maximum Gasteiger partial charge on any atom is 0.309 e. The second-order valence-corrected chi connectivity index (χ2v) is 3.95. The lowest BCUT2D eigenvalue weighted by Gasteiger charge is -2.26. The molecule has 0 saturated carbocycles. The summed E-state index contributed by atoms with van der Waals surface area (Å²) >= 11 is 0. The average molecular weight is 221 g/mol. The zero-order valence-electron chi connectivity index (χ0n) is 9.22. The van der Waals surface area contributed by atoms with Crippen LogP contribution in [0.4, 0.5) is 0 Å². The van der Waals surface area contributed by atoms with Gasteiger partial charge in [-0.25, -0.2) is 0 Å². The van der Waals surface area contributed by atoms with E-state index in [9.17, 15) is 9.90 Å². The largest absolute Gasteiger partial charge is 0.466 e. The van der Waals surface area contributed by atoms with Crippen molar-refractivity contribution < 1.29 is 14.6 Å². The van der Waals surface area contributed by atoms with Crippen LogP contribution < -0.4 is 0 Å². The quantitative estimate of drug-likeness (QED) is 0.763. The van der Waals surface area contributed by atoms with E-state index in [2.05, 4.69) is 4.98 Å². The van der Waals surface area contributed by atoms with Crippen molar-refractivity contribution in [2.45, 2.75) is 25.9 Å². The highest BCUT2D eigenvalue weighted by Crippen LogP contribution is 2.32. The molecule has 2 rings (SSSR count). The highest BCUT2D eigenvalue weighted by molar-refractivity contribution is 5.73. The number of aliphatic hydroxyl groups is 1. The van der Waals surface area contributed by atoms with E-state index in [1.54, 1.807) is 13.1 Å². The fourth-order valence-corrected chi connectivity index (χ4v) is 2.09. The van der Waals surface area contributed by atoms with Crippen LogP contribution in [0.3, 0.4) is 0 Å². The average Bonchev–Trinajstić information content (AvgIpc) is 2.29. The van der Waals surface area contributed by atoms with E-state index < -0.39 is 6.10 Å². The molecule has 2 unspecified atom stereocenters. The minimum Gasteiger partial charge on any atom is -0.466 e. The molecule has 4 heteroatoms. The van der Waals surface area contributed by atoms with Gasteiger partial charge in [-0.3, -0.25) is 9.78 Å². The van der Waals surface area contributed by atoms with Crippen molar-refractivity contribution in [1.82, 2.24) is 4.98 Å². The molecule has 0 aliphatic heterocycles. The van der Waals surface area contributed by atoms with Crippen LogP contribution in [0, 0.1) is 5.92 Å². The lowest BCUT2D eigenvalue weighted by Crippen LogP contribution is -2.27. The lowest BCUT2D eigenvalue weighted by molar-refractivity contribution is -0.149. The Balaban J connectivity index is 2.18. The number of nitrogens with zero attached hydrogens (tertiary/aromatic N) is 1. The maximum absolute atomic E-state index is 11.6. The van der Waals surface area contributed by atoms with Gasteiger partial charge in [0.2, 0.25) is 0 Å². The van der Waals surface area contributed by atoms with Crippen molar-refractivity contribution >= 4 is 5.97 Å². The number of fused-ring (bicyclic) bond motifs is 1. The third kappa shape index (κ3) is 2.07. The van der Waals surface area contributed by atoms with Crippen LogP contribution in [0.2, 0.25) is 0 Å². The van der Waals surface area contributed by atoms with Gasteiger partial charge in [-0.05, 0) is 31.4 Å². The molecule has 1 aromatic heterocycles. The maximum atomic E-state index is 11.6. The SMILES string of the molecule is CCOC(=O)C1Cc2cccnc2C(O)C1. The van der Waals surface area contributed by atoms with E-state index in [1.807, 2.05) is 12.1 Å². The molecular weight excluding hydrogens is 206 g/mol. The number of hydrogen-bond acceptors (Lipinski definition) is 4. The summed E-state index contributed by atoms with van der Waals surface area (Å²) in [5.74, 6) is -0.470. The van der Waals surface area contributed by atoms with E-state index >= 15 is 0 Å². The number of aromatic nitrogens is 1. The van der Waals surface area contributed by atoms with Gasteiger partial charge in [-0.2, -0.15) is 0 Å². The first kappa shape index (κ1) is 11.1. The number of pyridine rings is 1. The Morgan fingerprint density at radius 2 is 2.50 bits per heavy atom. The van der Waals surface area contributed by atoms with E-state index in [1.165, 1.54) is 0 Å². The Hall–Kier alpha value is -1.42. The number of hydrogen-bond donors (Lipinski definition) is 1. The molecule has 86 valence electrons. The summed E-state index contributed by atoms with van der Waals surface area (Å²) in [7, 11) is 0. The Kier molecular flexibility index (Phi) is 3.19. The summed E-state index contributed by atoms with van der Waals surface area (Å²) in [6.45, 7) is 2.16. The van der Waals surface area contributed by atoms with E-state index in [0.29, 0.717) is 25.1 Å². The van der Waals surface area contributed by atoms with Gasteiger partial charge in [0.05, 0.1) is 24.3 Å². The summed E-state index contributed by atoms with van der Waals surface area (Å²) in [5, 5.41) is 9.88. The second kappa shape index (κ2) is 4.61. The van der Waals surface area contributed by atoms with Crippen LogP contribution in [0.1, 0.15) is 30.7 Å². The Bertz CT molecular complexity index is 392. The highest BCUT2D eigenvalue weighted by atomic mass is 16.5. The molecule has 1 aliphatic carbocycles. The normalized spacial score (nSPS) is 23.6. The number of ether oxygens (including phenoxy) is 1. The fourth-order valence-electron chi connectivity index (χ4n) is 2.09. The molecule has 0 spiro atoms. The van der Waals surface area contributed by atoms with Crippen LogP contribution in [0.5, 0.6) is 0 Å². The molecule has 1 aliphatic rings. The first-order valence-electron chi connectivity index (χ1n) is 5.51. The number of rotatable bonds is 2. The predicted octanol–water partition coefficient (Wildman–Crippen LogP) is 1.24. The Labute approximate surface area is 94.3 Å². The number of esters is 1.